The average molecular weight is 369 g/mol. The van der Waals surface area contributed by atoms with Gasteiger partial charge in [0.1, 0.15) is 0 Å². The minimum absolute atomic E-state index is 0.0247. The number of oxazole rings is 1. The number of hydrogen-bond donors (Lipinski definition) is 1. The van der Waals surface area contributed by atoms with Gasteiger partial charge in [-0.15, -0.1) is 0 Å². The predicted octanol–water partition coefficient (Wildman–Crippen LogP) is 4.86. The summed E-state index contributed by atoms with van der Waals surface area (Å²) in [4.78, 5) is 21.4. The molecular weight excluding hydrogens is 346 g/mol. The Labute approximate surface area is 157 Å². The highest BCUT2D eigenvalue weighted by molar-refractivity contribution is 8.00. The van der Waals surface area contributed by atoms with Crippen LogP contribution in [0, 0.1) is 0 Å². The number of nitrogens with zero attached hydrogens (tertiary/aromatic N) is 2. The Morgan fingerprint density at radius 3 is 2.50 bits per heavy atom. The third kappa shape index (κ3) is 3.90. The summed E-state index contributed by atoms with van der Waals surface area (Å²) in [5.41, 5.74) is 4.46. The second kappa shape index (κ2) is 8.36. The summed E-state index contributed by atoms with van der Waals surface area (Å²) >= 11 is 1.34. The second-order valence-corrected chi connectivity index (χ2v) is 7.12. The molecule has 1 N–H and O–H groups in total. The molecule has 6 heteroatoms. The minimum atomic E-state index is -0.280. The molecule has 0 fully saturated rings. The first-order valence-corrected chi connectivity index (χ1v) is 9.84. The third-order valence-corrected chi connectivity index (χ3v) is 5.51. The highest BCUT2D eigenvalue weighted by atomic mass is 32.2. The van der Waals surface area contributed by atoms with Crippen LogP contribution in [0.4, 0.5) is 5.69 Å². The lowest BCUT2D eigenvalue weighted by atomic mass is 10.0. The van der Waals surface area contributed by atoms with Crippen LogP contribution in [0.15, 0.2) is 46.2 Å². The summed E-state index contributed by atoms with van der Waals surface area (Å²) in [6.45, 7) is 6.19. The van der Waals surface area contributed by atoms with E-state index in [-0.39, 0.29) is 11.2 Å². The van der Waals surface area contributed by atoms with Crippen LogP contribution in [0.5, 0.6) is 0 Å². The van der Waals surface area contributed by atoms with E-state index in [0.29, 0.717) is 22.9 Å². The maximum Gasteiger partial charge on any atom is 0.259 e. The Morgan fingerprint density at radius 1 is 1.15 bits per heavy atom. The number of pyridine rings is 1. The monoisotopic (exact) mass is 369 g/mol. The first kappa shape index (κ1) is 18.5. The lowest BCUT2D eigenvalue weighted by Gasteiger charge is -2.17. The number of para-hydroxylation sites is 1. The first-order chi connectivity index (χ1) is 12.7. The predicted molar refractivity (Wildman–Crippen MR) is 106 cm³/mol. The summed E-state index contributed by atoms with van der Waals surface area (Å²) in [7, 11) is 0. The number of fused-ring (bicyclic) bond motifs is 1. The molecule has 0 aliphatic heterocycles. The number of amides is 1. The van der Waals surface area contributed by atoms with E-state index in [1.165, 1.54) is 11.8 Å². The van der Waals surface area contributed by atoms with Crippen molar-refractivity contribution < 1.29 is 9.21 Å². The van der Waals surface area contributed by atoms with Gasteiger partial charge in [-0.1, -0.05) is 50.7 Å². The molecule has 0 saturated heterocycles. The van der Waals surface area contributed by atoms with Gasteiger partial charge in [0.05, 0.1) is 5.25 Å². The van der Waals surface area contributed by atoms with E-state index >= 15 is 0 Å². The highest BCUT2D eigenvalue weighted by Crippen LogP contribution is 2.29. The van der Waals surface area contributed by atoms with Crippen molar-refractivity contribution in [2.24, 2.45) is 0 Å². The maximum atomic E-state index is 12.9. The molecule has 0 aliphatic rings. The largest absolute Gasteiger partial charge is 0.430 e. The Bertz CT molecular complexity index is 852. The van der Waals surface area contributed by atoms with Crippen LogP contribution in [-0.4, -0.2) is 21.1 Å². The molecule has 136 valence electrons. The molecule has 5 nitrogen and oxygen atoms in total. The van der Waals surface area contributed by atoms with Gasteiger partial charge >= 0.3 is 0 Å². The maximum absolute atomic E-state index is 12.9. The van der Waals surface area contributed by atoms with Crippen LogP contribution < -0.4 is 5.32 Å². The third-order valence-electron chi connectivity index (χ3n) is 4.30. The summed E-state index contributed by atoms with van der Waals surface area (Å²) in [6, 6.07) is 9.81. The minimum Gasteiger partial charge on any atom is -0.430 e. The van der Waals surface area contributed by atoms with Crippen LogP contribution in [0.2, 0.25) is 0 Å². The van der Waals surface area contributed by atoms with Gasteiger partial charge in [0.15, 0.2) is 11.2 Å². The summed E-state index contributed by atoms with van der Waals surface area (Å²) < 4.78 is 5.70. The molecule has 2 aromatic heterocycles. The standard InChI is InChI=1S/C20H23N3O2S/c1-4-13-9-7-10-14(5-2)17(13)22-19(24)16(6-3)26-20-23-18-15(25-20)11-8-12-21-18/h7-12,16H,4-6H2,1-3H3,(H,22,24)/t16-/m1/s1. The topological polar surface area (TPSA) is 68.0 Å². The Morgan fingerprint density at radius 2 is 1.88 bits per heavy atom. The molecule has 3 aromatic rings. The van der Waals surface area contributed by atoms with E-state index in [2.05, 4.69) is 41.3 Å². The number of hydrogen-bond acceptors (Lipinski definition) is 5. The van der Waals surface area contributed by atoms with E-state index in [9.17, 15) is 4.79 Å². The second-order valence-electron chi connectivity index (χ2n) is 5.97. The van der Waals surface area contributed by atoms with Crippen molar-refractivity contribution >= 4 is 34.6 Å². The Kier molecular flexibility index (Phi) is 5.93. The van der Waals surface area contributed by atoms with Crippen molar-refractivity contribution in [3.63, 3.8) is 0 Å². The summed E-state index contributed by atoms with van der Waals surface area (Å²) in [5.74, 6) is -0.0247. The lowest BCUT2D eigenvalue weighted by Crippen LogP contribution is -2.25. The van der Waals surface area contributed by atoms with Crippen LogP contribution in [-0.2, 0) is 17.6 Å². The number of rotatable bonds is 7. The van der Waals surface area contributed by atoms with Gasteiger partial charge < -0.3 is 9.73 Å². The Balaban J connectivity index is 1.79. The molecule has 1 atom stereocenters. The van der Waals surface area contributed by atoms with Crippen LogP contribution in [0.1, 0.15) is 38.3 Å². The van der Waals surface area contributed by atoms with Crippen molar-refractivity contribution in [1.82, 2.24) is 9.97 Å². The molecule has 26 heavy (non-hydrogen) atoms. The molecule has 0 radical (unpaired) electrons. The number of nitrogens with one attached hydrogen (secondary N) is 1. The quantitative estimate of drug-likeness (QED) is 0.603. The number of aryl methyl sites for hydroxylation is 2. The number of benzene rings is 1. The van der Waals surface area contributed by atoms with Crippen molar-refractivity contribution in [3.05, 3.63) is 47.7 Å². The fraction of sp³-hybridized carbons (Fsp3) is 0.350. The number of anilines is 1. The molecule has 1 aromatic carbocycles. The van der Waals surface area contributed by atoms with Crippen molar-refractivity contribution in [3.8, 4) is 0 Å². The molecule has 2 heterocycles. The molecule has 0 aliphatic carbocycles. The Hall–Kier alpha value is -2.34. The van der Waals surface area contributed by atoms with Gasteiger partial charge in [-0.3, -0.25) is 4.79 Å². The van der Waals surface area contributed by atoms with E-state index in [1.807, 2.05) is 19.1 Å². The molecule has 0 bridgehead atoms. The SMILES string of the molecule is CCc1cccc(CC)c1NC(=O)[C@@H](CC)Sc1nc2ncccc2o1. The fourth-order valence-corrected chi connectivity index (χ4v) is 3.70. The first-order valence-electron chi connectivity index (χ1n) is 8.96. The smallest absolute Gasteiger partial charge is 0.259 e. The normalized spacial score (nSPS) is 12.3. The van der Waals surface area contributed by atoms with E-state index in [1.54, 1.807) is 12.3 Å². The zero-order valence-electron chi connectivity index (χ0n) is 15.3. The van der Waals surface area contributed by atoms with Gasteiger partial charge in [0.25, 0.3) is 5.22 Å². The van der Waals surface area contributed by atoms with Gasteiger partial charge in [-0.2, -0.15) is 4.98 Å². The van der Waals surface area contributed by atoms with Crippen LogP contribution in [0.25, 0.3) is 11.2 Å². The molecule has 3 rings (SSSR count). The van der Waals surface area contributed by atoms with Gasteiger partial charge in [-0.25, -0.2) is 4.98 Å². The number of carbonyl (C=O) groups is 1. The number of carbonyl (C=O) groups excluding carboxylic acids is 1. The van der Waals surface area contributed by atoms with Crippen molar-refractivity contribution in [2.45, 2.75) is 50.5 Å². The van der Waals surface area contributed by atoms with Crippen molar-refractivity contribution in [2.75, 3.05) is 5.32 Å². The average Bonchev–Trinajstić information content (AvgIpc) is 3.08. The highest BCUT2D eigenvalue weighted by Gasteiger charge is 2.22. The molecule has 0 unspecified atom stereocenters. The van der Waals surface area contributed by atoms with Crippen molar-refractivity contribution in [1.29, 1.82) is 0 Å². The molecular formula is C20H23N3O2S. The molecule has 0 saturated carbocycles. The van der Waals surface area contributed by atoms with E-state index in [0.717, 1.165) is 29.7 Å². The zero-order valence-corrected chi connectivity index (χ0v) is 16.1. The lowest BCUT2D eigenvalue weighted by molar-refractivity contribution is -0.115. The van der Waals surface area contributed by atoms with Gasteiger partial charge in [0.2, 0.25) is 5.91 Å². The van der Waals surface area contributed by atoms with Crippen LogP contribution in [0.3, 0.4) is 0 Å². The van der Waals surface area contributed by atoms with E-state index < -0.39 is 0 Å². The number of aromatic nitrogens is 2. The van der Waals surface area contributed by atoms with E-state index in [4.69, 9.17) is 4.42 Å². The van der Waals surface area contributed by atoms with Gasteiger partial charge in [-0.05, 0) is 42.5 Å². The summed E-state index contributed by atoms with van der Waals surface area (Å²) in [5, 5.41) is 3.33. The zero-order chi connectivity index (χ0) is 18.5. The fourth-order valence-electron chi connectivity index (χ4n) is 2.85. The number of thioether (sulfide) groups is 1. The molecule has 1 amide bonds. The summed E-state index contributed by atoms with van der Waals surface area (Å²) in [6.07, 6.45) is 4.12. The molecule has 0 spiro atoms. The van der Waals surface area contributed by atoms with Crippen LogP contribution >= 0.6 is 11.8 Å². The van der Waals surface area contributed by atoms with Gasteiger partial charge in [0, 0.05) is 11.9 Å².